The maximum atomic E-state index is 9.60. The molecule has 1 aromatic rings. The third-order valence-electron chi connectivity index (χ3n) is 4.86. The Morgan fingerprint density at radius 3 is 2.33 bits per heavy atom. The Balaban J connectivity index is 1.94. The predicted octanol–water partition coefficient (Wildman–Crippen LogP) is 2.97. The standard InChI is InChI=1S/C21H29IO5/c1-21(2,15-3-7-19(8-4-15)26-13-17(24)11-22)16-5-9-20(10-6-16)27-14-18(25)12-23/h3-5,7-10,16-18,23-25H,6,11-14H2,1-2H3. The van der Waals surface area contributed by atoms with E-state index >= 15 is 0 Å². The second kappa shape index (κ2) is 10.5. The maximum Gasteiger partial charge on any atom is 0.119 e. The van der Waals surface area contributed by atoms with E-state index in [9.17, 15) is 10.2 Å². The van der Waals surface area contributed by atoms with Gasteiger partial charge >= 0.3 is 0 Å². The summed E-state index contributed by atoms with van der Waals surface area (Å²) in [5.74, 6) is 1.81. The number of alkyl halides is 1. The van der Waals surface area contributed by atoms with Crippen LogP contribution in [0.25, 0.3) is 0 Å². The first-order valence-electron chi connectivity index (χ1n) is 9.14. The quantitative estimate of drug-likeness (QED) is 0.349. The highest BCUT2D eigenvalue weighted by atomic mass is 127. The van der Waals surface area contributed by atoms with Gasteiger partial charge in [-0.3, -0.25) is 0 Å². The van der Waals surface area contributed by atoms with Crippen molar-refractivity contribution in [2.75, 3.05) is 24.2 Å². The Kier molecular flexibility index (Phi) is 8.60. The molecule has 0 saturated carbocycles. The van der Waals surface area contributed by atoms with E-state index in [0.717, 1.165) is 17.9 Å². The highest BCUT2D eigenvalue weighted by molar-refractivity contribution is 14.1. The third kappa shape index (κ3) is 6.48. The van der Waals surface area contributed by atoms with Gasteiger partial charge in [0, 0.05) is 4.43 Å². The molecule has 2 rings (SSSR count). The topological polar surface area (TPSA) is 79.2 Å². The van der Waals surface area contributed by atoms with Crippen LogP contribution < -0.4 is 4.74 Å². The zero-order valence-corrected chi connectivity index (χ0v) is 18.0. The molecule has 0 heterocycles. The summed E-state index contributed by atoms with van der Waals surface area (Å²) >= 11 is 2.13. The van der Waals surface area contributed by atoms with Crippen LogP contribution in [0.1, 0.15) is 25.8 Å². The van der Waals surface area contributed by atoms with E-state index in [2.05, 4.69) is 54.6 Å². The third-order valence-corrected chi connectivity index (χ3v) is 5.88. The fourth-order valence-electron chi connectivity index (χ4n) is 2.92. The van der Waals surface area contributed by atoms with Crippen LogP contribution in [-0.4, -0.2) is 51.8 Å². The summed E-state index contributed by atoms with van der Waals surface area (Å²) in [6.45, 7) is 4.52. The van der Waals surface area contributed by atoms with E-state index in [-0.39, 0.29) is 18.6 Å². The number of ether oxygens (including phenoxy) is 2. The van der Waals surface area contributed by atoms with Crippen LogP contribution in [0.15, 0.2) is 48.3 Å². The SMILES string of the molecule is CC(C)(c1ccc(OCC(O)CI)cc1)C1C=CC(OCC(O)CO)=CC1. The van der Waals surface area contributed by atoms with Crippen molar-refractivity contribution in [1.82, 2.24) is 0 Å². The number of hydrogen-bond acceptors (Lipinski definition) is 5. The largest absolute Gasteiger partial charge is 0.491 e. The average molecular weight is 488 g/mol. The lowest BCUT2D eigenvalue weighted by molar-refractivity contribution is 0.0323. The molecular weight excluding hydrogens is 459 g/mol. The molecule has 27 heavy (non-hydrogen) atoms. The lowest BCUT2D eigenvalue weighted by Crippen LogP contribution is -2.28. The molecule has 3 atom stereocenters. The zero-order chi connectivity index (χ0) is 19.9. The van der Waals surface area contributed by atoms with Gasteiger partial charge in [-0.25, -0.2) is 0 Å². The van der Waals surface area contributed by atoms with E-state index < -0.39 is 12.2 Å². The molecule has 0 bridgehead atoms. The molecule has 3 unspecified atom stereocenters. The van der Waals surface area contributed by atoms with Crippen LogP contribution >= 0.6 is 22.6 Å². The molecule has 0 saturated heterocycles. The fraction of sp³-hybridized carbons (Fsp3) is 0.524. The second-order valence-electron chi connectivity index (χ2n) is 7.32. The van der Waals surface area contributed by atoms with Crippen LogP contribution in [-0.2, 0) is 10.2 Å². The summed E-state index contributed by atoms with van der Waals surface area (Å²) in [7, 11) is 0. The number of halogens is 1. The Labute approximate surface area is 174 Å². The molecule has 5 nitrogen and oxygen atoms in total. The first kappa shape index (κ1) is 22.2. The molecule has 0 aliphatic heterocycles. The van der Waals surface area contributed by atoms with E-state index in [1.165, 1.54) is 5.56 Å². The van der Waals surface area contributed by atoms with E-state index in [1.54, 1.807) is 0 Å². The Hall–Kier alpha value is -1.09. The van der Waals surface area contributed by atoms with Crippen molar-refractivity contribution in [3.05, 3.63) is 53.8 Å². The fourth-order valence-corrected chi connectivity index (χ4v) is 3.17. The van der Waals surface area contributed by atoms with Gasteiger partial charge in [0.15, 0.2) is 0 Å². The molecule has 1 aromatic carbocycles. The molecular formula is C21H29IO5. The van der Waals surface area contributed by atoms with Gasteiger partial charge in [-0.2, -0.15) is 0 Å². The van der Waals surface area contributed by atoms with Crippen LogP contribution in [0.4, 0.5) is 0 Å². The highest BCUT2D eigenvalue weighted by Crippen LogP contribution is 2.37. The molecule has 1 aliphatic carbocycles. The van der Waals surface area contributed by atoms with Crippen molar-refractivity contribution in [3.63, 3.8) is 0 Å². The normalized spacial score (nSPS) is 19.3. The van der Waals surface area contributed by atoms with Gasteiger partial charge in [0.05, 0.1) is 12.7 Å². The summed E-state index contributed by atoms with van der Waals surface area (Å²) in [5, 5.41) is 27.8. The van der Waals surface area contributed by atoms with Gasteiger partial charge in [0.2, 0.25) is 0 Å². The van der Waals surface area contributed by atoms with E-state index in [0.29, 0.717) is 17.0 Å². The molecule has 0 radical (unpaired) electrons. The summed E-state index contributed by atoms with van der Waals surface area (Å²) in [6, 6.07) is 8.05. The smallest absolute Gasteiger partial charge is 0.119 e. The van der Waals surface area contributed by atoms with Crippen molar-refractivity contribution in [1.29, 1.82) is 0 Å². The average Bonchev–Trinajstić information content (AvgIpc) is 2.70. The molecule has 0 fully saturated rings. The minimum Gasteiger partial charge on any atom is -0.491 e. The number of rotatable bonds is 10. The monoisotopic (exact) mass is 488 g/mol. The van der Waals surface area contributed by atoms with Crippen molar-refractivity contribution in [2.24, 2.45) is 5.92 Å². The first-order valence-corrected chi connectivity index (χ1v) is 10.7. The summed E-state index contributed by atoms with van der Waals surface area (Å²) in [5.41, 5.74) is 1.15. The number of allylic oxidation sites excluding steroid dienone is 3. The number of hydrogen-bond donors (Lipinski definition) is 3. The van der Waals surface area contributed by atoms with Crippen molar-refractivity contribution >= 4 is 22.6 Å². The summed E-state index contributed by atoms with van der Waals surface area (Å²) in [6.07, 6.45) is 5.64. The Morgan fingerprint density at radius 2 is 1.78 bits per heavy atom. The van der Waals surface area contributed by atoms with Gasteiger partial charge < -0.3 is 24.8 Å². The number of aliphatic hydroxyl groups excluding tert-OH is 3. The molecule has 0 spiro atoms. The van der Waals surface area contributed by atoms with Gasteiger partial charge in [-0.1, -0.05) is 54.6 Å². The molecule has 0 amide bonds. The predicted molar refractivity (Wildman–Crippen MR) is 114 cm³/mol. The van der Waals surface area contributed by atoms with Crippen LogP contribution in [0, 0.1) is 5.92 Å². The number of benzene rings is 1. The lowest BCUT2D eigenvalue weighted by atomic mass is 9.71. The summed E-state index contributed by atoms with van der Waals surface area (Å²) < 4.78 is 11.8. The van der Waals surface area contributed by atoms with Gasteiger partial charge in [0.1, 0.15) is 30.8 Å². The molecule has 150 valence electrons. The number of aliphatic hydroxyl groups is 3. The van der Waals surface area contributed by atoms with Crippen LogP contribution in [0.5, 0.6) is 5.75 Å². The Morgan fingerprint density at radius 1 is 1.11 bits per heavy atom. The second-order valence-corrected chi connectivity index (χ2v) is 8.20. The maximum absolute atomic E-state index is 9.60. The molecule has 3 N–H and O–H groups in total. The van der Waals surface area contributed by atoms with Crippen molar-refractivity contribution in [2.45, 2.75) is 37.9 Å². The molecule has 6 heteroatoms. The minimum atomic E-state index is -0.854. The lowest BCUT2D eigenvalue weighted by Gasteiger charge is -2.34. The molecule has 0 aromatic heterocycles. The van der Waals surface area contributed by atoms with Crippen molar-refractivity contribution < 1.29 is 24.8 Å². The van der Waals surface area contributed by atoms with Crippen LogP contribution in [0.2, 0.25) is 0 Å². The van der Waals surface area contributed by atoms with Gasteiger partial charge in [-0.05, 0) is 47.6 Å². The van der Waals surface area contributed by atoms with E-state index in [1.807, 2.05) is 24.3 Å². The minimum absolute atomic E-state index is 0.0661. The Bertz CT molecular complexity index is 638. The summed E-state index contributed by atoms with van der Waals surface area (Å²) in [4.78, 5) is 0. The zero-order valence-electron chi connectivity index (χ0n) is 15.8. The molecule has 1 aliphatic rings. The van der Waals surface area contributed by atoms with Gasteiger partial charge in [-0.15, -0.1) is 0 Å². The highest BCUT2D eigenvalue weighted by Gasteiger charge is 2.30. The van der Waals surface area contributed by atoms with Gasteiger partial charge in [0.25, 0.3) is 0 Å². The van der Waals surface area contributed by atoms with E-state index in [4.69, 9.17) is 14.6 Å². The van der Waals surface area contributed by atoms with Crippen molar-refractivity contribution in [3.8, 4) is 5.75 Å². The van der Waals surface area contributed by atoms with Crippen LogP contribution in [0.3, 0.4) is 0 Å². The first-order chi connectivity index (χ1) is 12.9.